The summed E-state index contributed by atoms with van der Waals surface area (Å²) in [6.07, 6.45) is 9.05. The van der Waals surface area contributed by atoms with Gasteiger partial charge in [0.15, 0.2) is 0 Å². The van der Waals surface area contributed by atoms with Crippen LogP contribution in [-0.4, -0.2) is 38.8 Å². The van der Waals surface area contributed by atoms with Gasteiger partial charge >= 0.3 is 0 Å². The molecular weight excluding hydrogens is 316 g/mol. The van der Waals surface area contributed by atoms with Gasteiger partial charge in [0.05, 0.1) is 0 Å². The van der Waals surface area contributed by atoms with Gasteiger partial charge in [-0.05, 0) is 58.3 Å². The first-order chi connectivity index (χ1) is 12.1. The van der Waals surface area contributed by atoms with Crippen molar-refractivity contribution < 1.29 is 9.59 Å². The Bertz CT molecular complexity index is 679. The predicted molar refractivity (Wildman–Crippen MR) is 94.2 cm³/mol. The van der Waals surface area contributed by atoms with E-state index in [1.165, 1.54) is 29.0 Å². The van der Waals surface area contributed by atoms with Crippen LogP contribution >= 0.6 is 0 Å². The molecule has 1 aromatic heterocycles. The largest absolute Gasteiger partial charge is 0.367 e. The Morgan fingerprint density at radius 3 is 2.32 bits per heavy atom. The van der Waals surface area contributed by atoms with Gasteiger partial charge in [-0.25, -0.2) is 9.97 Å². The van der Waals surface area contributed by atoms with Gasteiger partial charge in [-0.2, -0.15) is 0 Å². The molecule has 2 amide bonds. The summed E-state index contributed by atoms with van der Waals surface area (Å²) in [5.74, 6) is 1.88. The van der Waals surface area contributed by atoms with Crippen LogP contribution in [0.15, 0.2) is 0 Å². The Labute approximate surface area is 148 Å². The highest BCUT2D eigenvalue weighted by Crippen LogP contribution is 2.31. The maximum absolute atomic E-state index is 11.9. The zero-order chi connectivity index (χ0) is 17.4. The minimum absolute atomic E-state index is 0.0157. The average molecular weight is 342 g/mol. The van der Waals surface area contributed by atoms with E-state index < -0.39 is 0 Å². The molecule has 2 aliphatic carbocycles. The van der Waals surface area contributed by atoms with Gasteiger partial charge in [-0.15, -0.1) is 0 Å². The molecule has 0 unspecified atom stereocenters. The summed E-state index contributed by atoms with van der Waals surface area (Å²) in [6, 6.07) is 0.464. The predicted octanol–water partition coefficient (Wildman–Crippen LogP) is 2.54. The highest BCUT2D eigenvalue weighted by molar-refractivity contribution is 6.02. The SMILES string of the molecule is Cc1nc2c(c(NC3CCC(N4C(=O)CCC4=O)CC3)n1)CCCC2. The number of aryl methyl sites for hydroxylation is 2. The number of likely N-dealkylation sites (tertiary alicyclic amines) is 1. The molecule has 1 aliphatic heterocycles. The molecule has 2 heterocycles. The summed E-state index contributed by atoms with van der Waals surface area (Å²) < 4.78 is 0. The van der Waals surface area contributed by atoms with E-state index in [-0.39, 0.29) is 17.9 Å². The summed E-state index contributed by atoms with van der Waals surface area (Å²) in [5.41, 5.74) is 2.51. The van der Waals surface area contributed by atoms with E-state index in [2.05, 4.69) is 15.3 Å². The summed E-state index contributed by atoms with van der Waals surface area (Å²) in [7, 11) is 0. The van der Waals surface area contributed by atoms with Gasteiger partial charge in [0.25, 0.3) is 0 Å². The Balaban J connectivity index is 1.42. The Hall–Kier alpha value is -1.98. The number of amides is 2. The lowest BCUT2D eigenvalue weighted by Crippen LogP contribution is -2.43. The smallest absolute Gasteiger partial charge is 0.229 e. The third-order valence-corrected chi connectivity index (χ3v) is 5.79. The molecule has 0 bridgehead atoms. The van der Waals surface area contributed by atoms with Crippen molar-refractivity contribution in [3.8, 4) is 0 Å². The fourth-order valence-electron chi connectivity index (χ4n) is 4.51. The maximum Gasteiger partial charge on any atom is 0.229 e. The van der Waals surface area contributed by atoms with Gasteiger partial charge in [-0.1, -0.05) is 0 Å². The second-order valence-electron chi connectivity index (χ2n) is 7.56. The van der Waals surface area contributed by atoms with Crippen LogP contribution < -0.4 is 5.32 Å². The molecule has 2 fully saturated rings. The number of rotatable bonds is 3. The monoisotopic (exact) mass is 342 g/mol. The van der Waals surface area contributed by atoms with E-state index in [1.54, 1.807) is 0 Å². The van der Waals surface area contributed by atoms with Crippen molar-refractivity contribution in [2.24, 2.45) is 0 Å². The van der Waals surface area contributed by atoms with Crippen molar-refractivity contribution in [3.05, 3.63) is 17.1 Å². The van der Waals surface area contributed by atoms with E-state index in [4.69, 9.17) is 0 Å². The Morgan fingerprint density at radius 1 is 0.920 bits per heavy atom. The van der Waals surface area contributed by atoms with Crippen LogP contribution in [0.25, 0.3) is 0 Å². The lowest BCUT2D eigenvalue weighted by atomic mass is 9.89. The maximum atomic E-state index is 11.9. The van der Waals surface area contributed by atoms with Gasteiger partial charge in [0.1, 0.15) is 11.6 Å². The molecule has 6 heteroatoms. The van der Waals surface area contributed by atoms with Crippen molar-refractivity contribution in [1.29, 1.82) is 0 Å². The molecule has 0 spiro atoms. The molecule has 0 aromatic carbocycles. The number of carbonyl (C=O) groups is 2. The number of hydrogen-bond donors (Lipinski definition) is 1. The zero-order valence-corrected chi connectivity index (χ0v) is 14.9. The van der Waals surface area contributed by atoms with Crippen molar-refractivity contribution in [2.45, 2.75) is 83.2 Å². The van der Waals surface area contributed by atoms with Crippen LogP contribution in [0.3, 0.4) is 0 Å². The molecule has 1 N–H and O–H groups in total. The minimum Gasteiger partial charge on any atom is -0.367 e. The molecule has 6 nitrogen and oxygen atoms in total. The van der Waals surface area contributed by atoms with Crippen LogP contribution in [0.4, 0.5) is 5.82 Å². The molecule has 3 aliphatic rings. The van der Waals surface area contributed by atoms with Crippen LogP contribution in [0.1, 0.15) is 68.4 Å². The molecule has 4 rings (SSSR count). The first kappa shape index (κ1) is 16.5. The third kappa shape index (κ3) is 3.26. The van der Waals surface area contributed by atoms with E-state index in [0.29, 0.717) is 18.9 Å². The summed E-state index contributed by atoms with van der Waals surface area (Å²) in [4.78, 5) is 34.7. The number of nitrogens with zero attached hydrogens (tertiary/aromatic N) is 3. The number of hydrogen-bond acceptors (Lipinski definition) is 5. The molecule has 0 radical (unpaired) electrons. The molecule has 134 valence electrons. The lowest BCUT2D eigenvalue weighted by molar-refractivity contribution is -0.141. The van der Waals surface area contributed by atoms with Crippen LogP contribution in [0, 0.1) is 6.92 Å². The molecular formula is C19H26N4O2. The molecule has 1 aromatic rings. The second-order valence-corrected chi connectivity index (χ2v) is 7.56. The summed E-state index contributed by atoms with van der Waals surface area (Å²) >= 11 is 0. The number of nitrogens with one attached hydrogen (secondary N) is 1. The lowest BCUT2D eigenvalue weighted by Gasteiger charge is -2.34. The minimum atomic E-state index is 0.0157. The fourth-order valence-corrected chi connectivity index (χ4v) is 4.51. The number of anilines is 1. The number of imide groups is 1. The van der Waals surface area contributed by atoms with Gasteiger partial charge in [0, 0.05) is 36.2 Å². The van der Waals surface area contributed by atoms with Crippen molar-refractivity contribution in [2.75, 3.05) is 5.32 Å². The van der Waals surface area contributed by atoms with Gasteiger partial charge in [-0.3, -0.25) is 14.5 Å². The summed E-state index contributed by atoms with van der Waals surface area (Å²) in [6.45, 7) is 1.96. The van der Waals surface area contributed by atoms with E-state index in [0.717, 1.165) is 50.2 Å². The van der Waals surface area contributed by atoms with Crippen molar-refractivity contribution in [3.63, 3.8) is 0 Å². The van der Waals surface area contributed by atoms with E-state index >= 15 is 0 Å². The molecule has 1 saturated carbocycles. The number of aromatic nitrogens is 2. The molecule has 1 saturated heterocycles. The van der Waals surface area contributed by atoms with E-state index in [1.807, 2.05) is 6.92 Å². The summed E-state index contributed by atoms with van der Waals surface area (Å²) in [5, 5.41) is 3.64. The number of carbonyl (C=O) groups excluding carboxylic acids is 2. The van der Waals surface area contributed by atoms with Gasteiger partial charge in [0.2, 0.25) is 11.8 Å². The Morgan fingerprint density at radius 2 is 1.60 bits per heavy atom. The van der Waals surface area contributed by atoms with Crippen LogP contribution in [0.2, 0.25) is 0 Å². The first-order valence-electron chi connectivity index (χ1n) is 9.59. The highest BCUT2D eigenvalue weighted by atomic mass is 16.2. The number of fused-ring (bicyclic) bond motifs is 1. The van der Waals surface area contributed by atoms with Crippen LogP contribution in [-0.2, 0) is 22.4 Å². The average Bonchev–Trinajstić information content (AvgIpc) is 2.94. The molecule has 0 atom stereocenters. The van der Waals surface area contributed by atoms with Gasteiger partial charge < -0.3 is 5.32 Å². The van der Waals surface area contributed by atoms with Crippen LogP contribution in [0.5, 0.6) is 0 Å². The van der Waals surface area contributed by atoms with E-state index in [9.17, 15) is 9.59 Å². The second kappa shape index (κ2) is 6.73. The van der Waals surface area contributed by atoms with Crippen molar-refractivity contribution >= 4 is 17.6 Å². The fraction of sp³-hybridized carbons (Fsp3) is 0.684. The zero-order valence-electron chi connectivity index (χ0n) is 14.9. The topological polar surface area (TPSA) is 75.2 Å². The quantitative estimate of drug-likeness (QED) is 0.855. The first-order valence-corrected chi connectivity index (χ1v) is 9.59. The van der Waals surface area contributed by atoms with Crippen molar-refractivity contribution in [1.82, 2.24) is 14.9 Å². The molecule has 25 heavy (non-hydrogen) atoms. The Kier molecular flexibility index (Phi) is 4.44. The third-order valence-electron chi connectivity index (χ3n) is 5.79. The highest BCUT2D eigenvalue weighted by Gasteiger charge is 2.37. The standard InChI is InChI=1S/C19H26N4O2/c1-12-20-16-5-3-2-4-15(16)19(21-12)22-13-6-8-14(9-7-13)23-17(24)10-11-18(23)25/h13-14H,2-11H2,1H3,(H,20,21,22). The normalized spacial score (nSPS) is 26.7.